The van der Waals surface area contributed by atoms with Gasteiger partial charge in [-0.05, 0) is 61.8 Å². The number of anilines is 1. The zero-order valence-electron chi connectivity index (χ0n) is 14.5. The lowest BCUT2D eigenvalue weighted by molar-refractivity contribution is -0.120. The summed E-state index contributed by atoms with van der Waals surface area (Å²) in [6.45, 7) is 1.95. The minimum atomic E-state index is -0.141. The van der Waals surface area contributed by atoms with Gasteiger partial charge in [0.05, 0.1) is 6.04 Å². The van der Waals surface area contributed by atoms with Crippen LogP contribution in [0.5, 0.6) is 0 Å². The van der Waals surface area contributed by atoms with E-state index in [1.807, 2.05) is 37.3 Å². The number of nitrogens with one attached hydrogen (secondary N) is 3. The predicted octanol–water partition coefficient (Wildman–Crippen LogP) is 3.40. The number of carbonyl (C=O) groups is 2. The van der Waals surface area contributed by atoms with Gasteiger partial charge in [0.1, 0.15) is 0 Å². The van der Waals surface area contributed by atoms with Gasteiger partial charge < -0.3 is 16.0 Å². The quantitative estimate of drug-likeness (QED) is 0.709. The van der Waals surface area contributed by atoms with Crippen molar-refractivity contribution in [2.45, 2.75) is 25.8 Å². The lowest BCUT2D eigenvalue weighted by atomic mass is 10.1. The first-order valence-corrected chi connectivity index (χ1v) is 9.01. The molecule has 0 spiro atoms. The van der Waals surface area contributed by atoms with E-state index in [9.17, 15) is 9.59 Å². The highest BCUT2D eigenvalue weighted by Gasteiger charge is 2.30. The second-order valence-corrected chi connectivity index (χ2v) is 6.81. The fourth-order valence-corrected chi connectivity index (χ4v) is 2.75. The van der Waals surface area contributed by atoms with Crippen molar-refractivity contribution in [3.63, 3.8) is 0 Å². The van der Waals surface area contributed by atoms with Crippen LogP contribution in [-0.4, -0.2) is 16.9 Å². The third-order valence-corrected chi connectivity index (χ3v) is 4.44. The van der Waals surface area contributed by atoms with Crippen LogP contribution in [0, 0.1) is 5.92 Å². The van der Waals surface area contributed by atoms with E-state index >= 15 is 0 Å². The Labute approximate surface area is 158 Å². The van der Waals surface area contributed by atoms with E-state index in [4.69, 9.17) is 12.2 Å². The fraction of sp³-hybridized carbons (Fsp3) is 0.250. The molecule has 1 aliphatic rings. The molecule has 26 heavy (non-hydrogen) atoms. The molecule has 134 valence electrons. The lowest BCUT2D eigenvalue weighted by Crippen LogP contribution is -2.35. The normalized spacial score (nSPS) is 14.2. The molecule has 1 unspecified atom stereocenters. The molecule has 0 aliphatic heterocycles. The third-order valence-electron chi connectivity index (χ3n) is 4.24. The van der Waals surface area contributed by atoms with Crippen LogP contribution in [0.1, 0.15) is 41.7 Å². The predicted molar refractivity (Wildman–Crippen MR) is 106 cm³/mol. The summed E-state index contributed by atoms with van der Waals surface area (Å²) in [5, 5.41) is 8.88. The van der Waals surface area contributed by atoms with Crippen molar-refractivity contribution in [2.75, 3.05) is 5.32 Å². The van der Waals surface area contributed by atoms with Gasteiger partial charge in [0, 0.05) is 17.2 Å². The molecule has 2 amide bonds. The number of carbonyl (C=O) groups excluding carboxylic acids is 2. The number of amides is 2. The van der Waals surface area contributed by atoms with Gasteiger partial charge in [0.2, 0.25) is 5.91 Å². The second kappa shape index (κ2) is 8.10. The van der Waals surface area contributed by atoms with Crippen molar-refractivity contribution in [1.29, 1.82) is 0 Å². The van der Waals surface area contributed by atoms with Crippen molar-refractivity contribution < 1.29 is 9.59 Å². The summed E-state index contributed by atoms with van der Waals surface area (Å²) in [5.74, 6) is -0.0710. The highest BCUT2D eigenvalue weighted by Crippen LogP contribution is 2.28. The number of thiocarbonyl (C=S) groups is 1. The number of hydrogen-bond acceptors (Lipinski definition) is 3. The van der Waals surface area contributed by atoms with E-state index in [0.717, 1.165) is 24.1 Å². The maximum atomic E-state index is 12.4. The van der Waals surface area contributed by atoms with Gasteiger partial charge in [-0.25, -0.2) is 0 Å². The van der Waals surface area contributed by atoms with Crippen molar-refractivity contribution in [3.8, 4) is 0 Å². The smallest absolute Gasteiger partial charge is 0.251 e. The third kappa shape index (κ3) is 4.89. The van der Waals surface area contributed by atoms with Gasteiger partial charge in [0.15, 0.2) is 5.11 Å². The van der Waals surface area contributed by atoms with E-state index in [1.54, 1.807) is 24.3 Å². The number of rotatable bonds is 5. The molecule has 6 heteroatoms. The zero-order chi connectivity index (χ0) is 18.5. The molecular weight excluding hydrogens is 346 g/mol. The molecule has 1 saturated carbocycles. The molecule has 1 atom stereocenters. The lowest BCUT2D eigenvalue weighted by Gasteiger charge is -2.14. The Bertz CT molecular complexity index is 802. The van der Waals surface area contributed by atoms with Crippen LogP contribution in [-0.2, 0) is 4.79 Å². The maximum absolute atomic E-state index is 12.4. The van der Waals surface area contributed by atoms with Crippen molar-refractivity contribution in [1.82, 2.24) is 10.6 Å². The Kier molecular flexibility index (Phi) is 5.63. The molecule has 3 rings (SSSR count). The average molecular weight is 367 g/mol. The van der Waals surface area contributed by atoms with Gasteiger partial charge in [-0.1, -0.05) is 30.3 Å². The monoisotopic (exact) mass is 367 g/mol. The van der Waals surface area contributed by atoms with Crippen molar-refractivity contribution >= 4 is 34.8 Å². The first-order chi connectivity index (χ1) is 12.5. The van der Waals surface area contributed by atoms with Crippen LogP contribution in [0.3, 0.4) is 0 Å². The summed E-state index contributed by atoms with van der Waals surface area (Å²) in [4.78, 5) is 24.1. The summed E-state index contributed by atoms with van der Waals surface area (Å²) in [5.41, 5.74) is 2.33. The molecule has 0 heterocycles. The SMILES string of the molecule is CC(NC(=O)c1ccc(NC(=S)NC(=O)C2CC2)cc1)c1ccccc1. The molecule has 2 aromatic carbocycles. The molecule has 1 fully saturated rings. The minimum Gasteiger partial charge on any atom is -0.346 e. The van der Waals surface area contributed by atoms with Crippen molar-refractivity contribution in [3.05, 3.63) is 65.7 Å². The molecule has 0 bridgehead atoms. The van der Waals surface area contributed by atoms with Crippen LogP contribution >= 0.6 is 12.2 Å². The van der Waals surface area contributed by atoms with Crippen LogP contribution in [0.4, 0.5) is 5.69 Å². The highest BCUT2D eigenvalue weighted by atomic mass is 32.1. The average Bonchev–Trinajstić information content (AvgIpc) is 3.48. The van der Waals surface area contributed by atoms with E-state index < -0.39 is 0 Å². The number of benzene rings is 2. The molecule has 3 N–H and O–H groups in total. The minimum absolute atomic E-state index is 0.0339. The van der Waals surface area contributed by atoms with Gasteiger partial charge >= 0.3 is 0 Å². The Balaban J connectivity index is 1.54. The van der Waals surface area contributed by atoms with Crippen LogP contribution in [0.15, 0.2) is 54.6 Å². The summed E-state index contributed by atoms with van der Waals surface area (Å²) >= 11 is 5.13. The van der Waals surface area contributed by atoms with Gasteiger partial charge in [0.25, 0.3) is 5.91 Å². The second-order valence-electron chi connectivity index (χ2n) is 6.40. The molecule has 2 aromatic rings. The molecule has 5 nitrogen and oxygen atoms in total. The van der Waals surface area contributed by atoms with Crippen LogP contribution in [0.25, 0.3) is 0 Å². The summed E-state index contributed by atoms with van der Waals surface area (Å²) < 4.78 is 0. The Hall–Kier alpha value is -2.73. The largest absolute Gasteiger partial charge is 0.346 e. The molecule has 0 aromatic heterocycles. The Morgan fingerprint density at radius 2 is 1.69 bits per heavy atom. The summed E-state index contributed by atoms with van der Waals surface area (Å²) in [6.07, 6.45) is 1.86. The van der Waals surface area contributed by atoms with Crippen LogP contribution < -0.4 is 16.0 Å². The Morgan fingerprint density at radius 1 is 1.04 bits per heavy atom. The first kappa shape index (κ1) is 18.1. The highest BCUT2D eigenvalue weighted by molar-refractivity contribution is 7.80. The van der Waals surface area contributed by atoms with E-state index in [0.29, 0.717) is 5.56 Å². The van der Waals surface area contributed by atoms with E-state index in [2.05, 4.69) is 16.0 Å². The summed E-state index contributed by atoms with van der Waals surface area (Å²) in [7, 11) is 0. The standard InChI is InChI=1S/C20H21N3O2S/c1-13(14-5-3-2-4-6-14)21-18(24)16-9-11-17(12-10-16)22-20(26)23-19(25)15-7-8-15/h2-6,9-13,15H,7-8H2,1H3,(H,21,24)(H2,22,23,25,26). The van der Waals surface area contributed by atoms with E-state index in [1.165, 1.54) is 0 Å². The Morgan fingerprint density at radius 3 is 2.31 bits per heavy atom. The molecule has 0 radical (unpaired) electrons. The van der Waals surface area contributed by atoms with Crippen molar-refractivity contribution in [2.24, 2.45) is 5.92 Å². The van der Waals surface area contributed by atoms with Gasteiger partial charge in [-0.3, -0.25) is 9.59 Å². The van der Waals surface area contributed by atoms with Gasteiger partial charge in [-0.15, -0.1) is 0 Å². The first-order valence-electron chi connectivity index (χ1n) is 8.60. The number of hydrogen-bond donors (Lipinski definition) is 3. The fourth-order valence-electron chi connectivity index (χ4n) is 2.53. The molecule has 0 saturated heterocycles. The molecular formula is C20H21N3O2S. The molecule has 1 aliphatic carbocycles. The summed E-state index contributed by atoms with van der Waals surface area (Å²) in [6, 6.07) is 16.7. The maximum Gasteiger partial charge on any atom is 0.251 e. The zero-order valence-corrected chi connectivity index (χ0v) is 15.3. The topological polar surface area (TPSA) is 70.2 Å². The van der Waals surface area contributed by atoms with Gasteiger partial charge in [-0.2, -0.15) is 0 Å². The van der Waals surface area contributed by atoms with E-state index in [-0.39, 0.29) is 28.9 Å². The van der Waals surface area contributed by atoms with Crippen LogP contribution in [0.2, 0.25) is 0 Å².